The maximum Gasteiger partial charge on any atom is 0.433 e. The van der Waals surface area contributed by atoms with Gasteiger partial charge >= 0.3 is 6.18 Å². The summed E-state index contributed by atoms with van der Waals surface area (Å²) in [5, 5.41) is 0.332. The first-order valence-corrected chi connectivity index (χ1v) is 8.19. The normalized spacial score (nSPS) is 11.5. The quantitative estimate of drug-likeness (QED) is 0.451. The van der Waals surface area contributed by atoms with Gasteiger partial charge in [0.2, 0.25) is 0 Å². The van der Waals surface area contributed by atoms with Crippen molar-refractivity contribution >= 4 is 29.1 Å². The molecule has 0 saturated heterocycles. The molecule has 1 aromatic heterocycles. The first-order chi connectivity index (χ1) is 11.2. The summed E-state index contributed by atoms with van der Waals surface area (Å²) in [6.45, 7) is 1.77. The van der Waals surface area contributed by atoms with E-state index in [4.69, 9.17) is 11.6 Å². The van der Waals surface area contributed by atoms with E-state index >= 15 is 0 Å². The number of nitrogens with zero attached hydrogens (tertiary/aromatic N) is 2. The van der Waals surface area contributed by atoms with Crippen molar-refractivity contribution in [2.45, 2.75) is 24.8 Å². The summed E-state index contributed by atoms with van der Waals surface area (Å²) >= 11 is 6.53. The molecule has 0 N–H and O–H groups in total. The molecule has 24 heavy (non-hydrogen) atoms. The van der Waals surface area contributed by atoms with Crippen LogP contribution in [0, 0.1) is 0 Å². The Bertz CT molecular complexity index is 804. The minimum absolute atomic E-state index is 0.139. The predicted octanol–water partition coefficient (Wildman–Crippen LogP) is 3.91. The number of ketones is 1. The molecule has 1 heterocycles. The van der Waals surface area contributed by atoms with Crippen molar-refractivity contribution in [3.63, 3.8) is 0 Å². The maximum absolute atomic E-state index is 12.8. The van der Waals surface area contributed by atoms with E-state index in [1.807, 2.05) is 0 Å². The van der Waals surface area contributed by atoms with Crippen LogP contribution in [0.15, 0.2) is 40.3 Å². The van der Waals surface area contributed by atoms with Crippen molar-refractivity contribution in [2.24, 2.45) is 0 Å². The number of carbonyl (C=O) groups is 1. The summed E-state index contributed by atoms with van der Waals surface area (Å²) in [5.74, 6) is -0.443. The van der Waals surface area contributed by atoms with Crippen LogP contribution in [0.25, 0.3) is 0 Å². The third-order valence-electron chi connectivity index (χ3n) is 3.08. The number of halogens is 4. The molecule has 0 spiro atoms. The summed E-state index contributed by atoms with van der Waals surface area (Å²) in [7, 11) is 0. The summed E-state index contributed by atoms with van der Waals surface area (Å²) in [4.78, 5) is 27.4. The molecule has 128 valence electrons. The Labute approximate surface area is 144 Å². The first kappa shape index (κ1) is 18.5. The van der Waals surface area contributed by atoms with Crippen LogP contribution in [0.2, 0.25) is 5.02 Å². The monoisotopic (exact) mass is 376 g/mol. The van der Waals surface area contributed by atoms with Gasteiger partial charge in [0.25, 0.3) is 5.56 Å². The maximum atomic E-state index is 12.8. The van der Waals surface area contributed by atoms with Crippen LogP contribution in [0.3, 0.4) is 0 Å². The number of Topliss-reactive ketones (excluding diaryl/α,β-unsaturated/α-hetero) is 1. The summed E-state index contributed by atoms with van der Waals surface area (Å²) < 4.78 is 39.4. The Hall–Kier alpha value is -1.80. The van der Waals surface area contributed by atoms with E-state index in [1.54, 1.807) is 19.1 Å². The third kappa shape index (κ3) is 4.39. The molecule has 9 heteroatoms. The highest BCUT2D eigenvalue weighted by molar-refractivity contribution is 7.99. The van der Waals surface area contributed by atoms with Crippen LogP contribution >= 0.6 is 23.4 Å². The van der Waals surface area contributed by atoms with Crippen LogP contribution < -0.4 is 5.56 Å². The molecule has 0 fully saturated rings. The van der Waals surface area contributed by atoms with Gasteiger partial charge in [0, 0.05) is 23.2 Å². The van der Waals surface area contributed by atoms with Gasteiger partial charge in [-0.1, -0.05) is 23.4 Å². The molecule has 0 unspecified atom stereocenters. The lowest BCUT2D eigenvalue weighted by atomic mass is 10.1. The molecule has 0 saturated carbocycles. The Morgan fingerprint density at radius 2 is 1.92 bits per heavy atom. The van der Waals surface area contributed by atoms with Crippen LogP contribution in [0.1, 0.15) is 23.0 Å². The number of carbonyl (C=O) groups excluding carboxylic acids is 1. The smallest absolute Gasteiger partial charge is 0.293 e. The number of thioether (sulfide) groups is 1. The number of aromatic nitrogens is 2. The largest absolute Gasteiger partial charge is 0.433 e. The van der Waals surface area contributed by atoms with Crippen molar-refractivity contribution < 1.29 is 18.0 Å². The first-order valence-electron chi connectivity index (χ1n) is 6.83. The second-order valence-electron chi connectivity index (χ2n) is 4.72. The molecule has 1 aromatic carbocycles. The Kier molecular flexibility index (Phi) is 5.71. The molecular formula is C15H12ClF3N2O2S. The molecule has 0 amide bonds. The average molecular weight is 377 g/mol. The fourth-order valence-electron chi connectivity index (χ4n) is 1.88. The summed E-state index contributed by atoms with van der Waals surface area (Å²) in [6.07, 6.45) is -4.72. The lowest BCUT2D eigenvalue weighted by Gasteiger charge is -2.12. The average Bonchev–Trinajstić information content (AvgIpc) is 2.52. The molecule has 0 aliphatic heterocycles. The van der Waals surface area contributed by atoms with Crippen LogP contribution in [0.4, 0.5) is 13.2 Å². The fraction of sp³-hybridized carbons (Fsp3) is 0.267. The van der Waals surface area contributed by atoms with Gasteiger partial charge < -0.3 is 0 Å². The standard InChI is InChI=1S/C15H12ClF3N2O2S/c1-2-21-13(23)7-12(15(17,18)19)20-14(21)24-8-11(22)9-3-5-10(16)6-4-9/h3-7H,2,8H2,1H3. The number of hydrogen-bond donors (Lipinski definition) is 0. The van der Waals surface area contributed by atoms with Crippen molar-refractivity contribution in [1.82, 2.24) is 9.55 Å². The van der Waals surface area contributed by atoms with Crippen molar-refractivity contribution in [1.29, 1.82) is 0 Å². The lowest BCUT2D eigenvalue weighted by molar-refractivity contribution is -0.141. The van der Waals surface area contributed by atoms with Gasteiger partial charge in [-0.2, -0.15) is 13.2 Å². The molecular weight excluding hydrogens is 365 g/mol. The molecule has 0 aliphatic carbocycles. The second kappa shape index (κ2) is 7.40. The van der Waals surface area contributed by atoms with E-state index in [0.29, 0.717) is 16.7 Å². The highest BCUT2D eigenvalue weighted by atomic mass is 35.5. The topological polar surface area (TPSA) is 52.0 Å². The summed E-state index contributed by atoms with van der Waals surface area (Å²) in [6, 6.07) is 6.60. The van der Waals surface area contributed by atoms with Gasteiger partial charge in [-0.3, -0.25) is 14.2 Å². The Morgan fingerprint density at radius 3 is 2.46 bits per heavy atom. The van der Waals surface area contributed by atoms with Gasteiger partial charge in [0.15, 0.2) is 16.6 Å². The third-order valence-corrected chi connectivity index (χ3v) is 4.31. The molecule has 0 atom stereocenters. The number of benzene rings is 1. The predicted molar refractivity (Wildman–Crippen MR) is 85.7 cm³/mol. The minimum atomic E-state index is -4.72. The fourth-order valence-corrected chi connectivity index (χ4v) is 2.97. The number of rotatable bonds is 5. The number of alkyl halides is 3. The molecule has 0 aliphatic rings. The zero-order valence-corrected chi connectivity index (χ0v) is 14.0. The minimum Gasteiger partial charge on any atom is -0.293 e. The van der Waals surface area contributed by atoms with Gasteiger partial charge in [0.05, 0.1) is 5.75 Å². The Balaban J connectivity index is 2.25. The van der Waals surface area contributed by atoms with E-state index in [-0.39, 0.29) is 23.2 Å². The SMILES string of the molecule is CCn1c(SCC(=O)c2ccc(Cl)cc2)nc(C(F)(F)F)cc1=O. The second-order valence-corrected chi connectivity index (χ2v) is 6.10. The number of hydrogen-bond acceptors (Lipinski definition) is 4. The van der Waals surface area contributed by atoms with Gasteiger partial charge in [0.1, 0.15) is 0 Å². The van der Waals surface area contributed by atoms with E-state index in [1.165, 1.54) is 12.1 Å². The van der Waals surface area contributed by atoms with Crippen LogP contribution in [0.5, 0.6) is 0 Å². The zero-order chi connectivity index (χ0) is 17.9. The van der Waals surface area contributed by atoms with Gasteiger partial charge in [-0.25, -0.2) is 4.98 Å². The highest BCUT2D eigenvalue weighted by Gasteiger charge is 2.34. The Morgan fingerprint density at radius 1 is 1.29 bits per heavy atom. The zero-order valence-electron chi connectivity index (χ0n) is 12.4. The van der Waals surface area contributed by atoms with Gasteiger partial charge in [-0.05, 0) is 31.2 Å². The van der Waals surface area contributed by atoms with Crippen LogP contribution in [-0.4, -0.2) is 21.1 Å². The van der Waals surface area contributed by atoms with Crippen LogP contribution in [-0.2, 0) is 12.7 Å². The van der Waals surface area contributed by atoms with Crippen molar-refractivity contribution in [3.8, 4) is 0 Å². The highest BCUT2D eigenvalue weighted by Crippen LogP contribution is 2.28. The summed E-state index contributed by atoms with van der Waals surface area (Å²) in [5.41, 5.74) is -1.69. The van der Waals surface area contributed by atoms with Crippen molar-refractivity contribution in [2.75, 3.05) is 5.75 Å². The van der Waals surface area contributed by atoms with Gasteiger partial charge in [-0.15, -0.1) is 0 Å². The molecule has 2 rings (SSSR count). The molecule has 4 nitrogen and oxygen atoms in total. The molecule has 0 radical (unpaired) electrons. The van der Waals surface area contributed by atoms with E-state index in [0.717, 1.165) is 16.3 Å². The van der Waals surface area contributed by atoms with E-state index in [2.05, 4.69) is 4.98 Å². The lowest BCUT2D eigenvalue weighted by Crippen LogP contribution is -2.25. The van der Waals surface area contributed by atoms with E-state index in [9.17, 15) is 22.8 Å². The van der Waals surface area contributed by atoms with Crippen molar-refractivity contribution in [3.05, 3.63) is 57.0 Å². The molecule has 0 bridgehead atoms. The van der Waals surface area contributed by atoms with E-state index < -0.39 is 17.4 Å². The molecule has 2 aromatic rings.